The van der Waals surface area contributed by atoms with Crippen molar-refractivity contribution in [3.05, 3.63) is 47.4 Å². The Morgan fingerprint density at radius 1 is 1.29 bits per heavy atom. The molecule has 0 atom stereocenters. The van der Waals surface area contributed by atoms with Gasteiger partial charge in [-0.3, -0.25) is 0 Å². The van der Waals surface area contributed by atoms with Gasteiger partial charge in [-0.2, -0.15) is 0 Å². The number of hydrogen-bond acceptors (Lipinski definition) is 4. The second kappa shape index (κ2) is 4.80. The number of benzene rings is 1. The van der Waals surface area contributed by atoms with Crippen molar-refractivity contribution in [2.75, 3.05) is 0 Å². The molecule has 1 aromatic carbocycles. The molecule has 5 nitrogen and oxygen atoms in total. The minimum Gasteiger partial charge on any atom is -0.478 e. The maximum atomic E-state index is 10.6. The number of carbonyl (C=O) groups is 1. The van der Waals surface area contributed by atoms with Gasteiger partial charge in [0.05, 0.1) is 11.8 Å². The molecule has 2 rings (SSSR count). The van der Waals surface area contributed by atoms with Crippen LogP contribution < -0.4 is 4.74 Å². The second-order valence-electron chi connectivity index (χ2n) is 3.11. The first kappa shape index (κ1) is 11.3. The zero-order valence-electron chi connectivity index (χ0n) is 8.50. The summed E-state index contributed by atoms with van der Waals surface area (Å²) < 4.78 is 5.37. The lowest BCUT2D eigenvalue weighted by atomic mass is 10.2. The summed E-state index contributed by atoms with van der Waals surface area (Å²) in [5.41, 5.74) is 0.186. The fourth-order valence-electron chi connectivity index (χ4n) is 1.15. The Kier molecular flexibility index (Phi) is 3.20. The number of carboxylic acid groups (broad SMARTS) is 1. The molecule has 0 unspecified atom stereocenters. The number of aromatic carboxylic acids is 1. The van der Waals surface area contributed by atoms with Crippen molar-refractivity contribution in [3.8, 4) is 11.6 Å². The van der Waals surface area contributed by atoms with Crippen LogP contribution in [0, 0.1) is 0 Å². The number of aromatic nitrogens is 2. The highest BCUT2D eigenvalue weighted by atomic mass is 35.5. The molecule has 0 saturated carbocycles. The van der Waals surface area contributed by atoms with E-state index in [4.69, 9.17) is 21.4 Å². The molecule has 0 aliphatic rings. The summed E-state index contributed by atoms with van der Waals surface area (Å²) in [7, 11) is 0. The van der Waals surface area contributed by atoms with E-state index in [0.717, 1.165) is 0 Å². The van der Waals surface area contributed by atoms with E-state index >= 15 is 0 Å². The molecular weight excluding hydrogens is 244 g/mol. The molecule has 0 spiro atoms. The molecule has 1 aromatic heterocycles. The van der Waals surface area contributed by atoms with Crippen LogP contribution in [0.2, 0.25) is 5.02 Å². The zero-order chi connectivity index (χ0) is 12.3. The number of rotatable bonds is 3. The standard InChI is InChI=1S/C11H7ClN2O3/c12-9-5-13-6-14-10(9)17-8-3-1-7(2-4-8)11(15)16/h1-6H,(H,15,16). The molecule has 0 bridgehead atoms. The lowest BCUT2D eigenvalue weighted by molar-refractivity contribution is 0.0697. The van der Waals surface area contributed by atoms with E-state index in [2.05, 4.69) is 9.97 Å². The SMILES string of the molecule is O=C(O)c1ccc(Oc2ncncc2Cl)cc1. The van der Waals surface area contributed by atoms with Gasteiger partial charge < -0.3 is 9.84 Å². The minimum absolute atomic E-state index is 0.186. The number of nitrogens with zero attached hydrogens (tertiary/aromatic N) is 2. The predicted molar refractivity (Wildman–Crippen MR) is 60.5 cm³/mol. The lowest BCUT2D eigenvalue weighted by Crippen LogP contribution is -1.95. The average molecular weight is 251 g/mol. The second-order valence-corrected chi connectivity index (χ2v) is 3.51. The lowest BCUT2D eigenvalue weighted by Gasteiger charge is -2.05. The van der Waals surface area contributed by atoms with Gasteiger partial charge in [0, 0.05) is 0 Å². The van der Waals surface area contributed by atoms with Crippen LogP contribution in [-0.4, -0.2) is 21.0 Å². The third kappa shape index (κ3) is 2.70. The molecular formula is C11H7ClN2O3. The van der Waals surface area contributed by atoms with Gasteiger partial charge in [-0.1, -0.05) is 11.6 Å². The zero-order valence-corrected chi connectivity index (χ0v) is 9.26. The van der Waals surface area contributed by atoms with Crippen LogP contribution in [0.1, 0.15) is 10.4 Å². The fourth-order valence-corrected chi connectivity index (χ4v) is 1.30. The van der Waals surface area contributed by atoms with Crippen LogP contribution in [0.4, 0.5) is 0 Å². The fraction of sp³-hybridized carbons (Fsp3) is 0. The number of carboxylic acids is 1. The van der Waals surface area contributed by atoms with E-state index in [0.29, 0.717) is 5.75 Å². The van der Waals surface area contributed by atoms with Gasteiger partial charge in [-0.15, -0.1) is 0 Å². The van der Waals surface area contributed by atoms with Gasteiger partial charge in [0.1, 0.15) is 17.1 Å². The maximum absolute atomic E-state index is 10.6. The maximum Gasteiger partial charge on any atom is 0.335 e. The summed E-state index contributed by atoms with van der Waals surface area (Å²) in [6, 6.07) is 5.93. The molecule has 0 fully saturated rings. The first-order valence-electron chi connectivity index (χ1n) is 4.63. The van der Waals surface area contributed by atoms with Crippen molar-refractivity contribution in [2.45, 2.75) is 0 Å². The minimum atomic E-state index is -0.989. The number of ether oxygens (including phenoxy) is 1. The third-order valence-electron chi connectivity index (χ3n) is 1.95. The number of halogens is 1. The van der Waals surface area contributed by atoms with Crippen molar-refractivity contribution in [3.63, 3.8) is 0 Å². The summed E-state index contributed by atoms with van der Waals surface area (Å²) in [4.78, 5) is 18.2. The van der Waals surface area contributed by atoms with Crippen molar-refractivity contribution in [1.29, 1.82) is 0 Å². The largest absolute Gasteiger partial charge is 0.478 e. The molecule has 0 radical (unpaired) electrons. The Morgan fingerprint density at radius 2 is 2.00 bits per heavy atom. The molecule has 17 heavy (non-hydrogen) atoms. The van der Waals surface area contributed by atoms with Crippen LogP contribution in [0.25, 0.3) is 0 Å². The van der Waals surface area contributed by atoms with Crippen LogP contribution in [0.15, 0.2) is 36.8 Å². The Hall–Kier alpha value is -2.14. The van der Waals surface area contributed by atoms with Gasteiger partial charge >= 0.3 is 5.97 Å². The molecule has 86 valence electrons. The van der Waals surface area contributed by atoms with Gasteiger partial charge in [0.15, 0.2) is 0 Å². The molecule has 6 heteroatoms. The molecule has 1 heterocycles. The first-order chi connectivity index (χ1) is 8.16. The van der Waals surface area contributed by atoms with E-state index in [9.17, 15) is 4.79 Å². The summed E-state index contributed by atoms with van der Waals surface area (Å²) in [6.07, 6.45) is 2.72. The van der Waals surface area contributed by atoms with Crippen LogP contribution >= 0.6 is 11.6 Å². The summed E-state index contributed by atoms with van der Waals surface area (Å²) in [6.45, 7) is 0. The number of hydrogen-bond donors (Lipinski definition) is 1. The topological polar surface area (TPSA) is 72.3 Å². The van der Waals surface area contributed by atoms with Crippen LogP contribution in [0.3, 0.4) is 0 Å². The van der Waals surface area contributed by atoms with Gasteiger partial charge in [0.25, 0.3) is 0 Å². The van der Waals surface area contributed by atoms with Crippen LogP contribution in [-0.2, 0) is 0 Å². The van der Waals surface area contributed by atoms with E-state index in [1.807, 2.05) is 0 Å². The molecule has 1 N–H and O–H groups in total. The third-order valence-corrected chi connectivity index (χ3v) is 2.21. The van der Waals surface area contributed by atoms with Crippen molar-refractivity contribution < 1.29 is 14.6 Å². The highest BCUT2D eigenvalue weighted by molar-refractivity contribution is 6.31. The van der Waals surface area contributed by atoms with Crippen LogP contribution in [0.5, 0.6) is 11.6 Å². The Labute approximate surface area is 102 Å². The van der Waals surface area contributed by atoms with Gasteiger partial charge in [-0.25, -0.2) is 14.8 Å². The molecule has 0 aliphatic carbocycles. The van der Waals surface area contributed by atoms with Crippen molar-refractivity contribution >= 4 is 17.6 Å². The van der Waals surface area contributed by atoms with E-state index < -0.39 is 5.97 Å². The average Bonchev–Trinajstić information content (AvgIpc) is 2.33. The highest BCUT2D eigenvalue weighted by Crippen LogP contribution is 2.25. The highest BCUT2D eigenvalue weighted by Gasteiger charge is 2.06. The van der Waals surface area contributed by atoms with Crippen molar-refractivity contribution in [1.82, 2.24) is 9.97 Å². The smallest absolute Gasteiger partial charge is 0.335 e. The normalized spacial score (nSPS) is 9.94. The summed E-state index contributed by atoms with van der Waals surface area (Å²) in [5, 5.41) is 9.01. The predicted octanol–water partition coefficient (Wildman–Crippen LogP) is 2.62. The molecule has 0 aliphatic heterocycles. The molecule has 0 amide bonds. The monoisotopic (exact) mass is 250 g/mol. The Bertz CT molecular complexity index is 543. The summed E-state index contributed by atoms with van der Waals surface area (Å²) >= 11 is 5.81. The Balaban J connectivity index is 2.20. The van der Waals surface area contributed by atoms with E-state index in [-0.39, 0.29) is 16.5 Å². The van der Waals surface area contributed by atoms with Gasteiger partial charge in [0.2, 0.25) is 5.88 Å². The Morgan fingerprint density at radius 3 is 2.59 bits per heavy atom. The first-order valence-corrected chi connectivity index (χ1v) is 5.01. The van der Waals surface area contributed by atoms with E-state index in [1.54, 1.807) is 0 Å². The molecule has 2 aromatic rings. The quantitative estimate of drug-likeness (QED) is 0.907. The van der Waals surface area contributed by atoms with Crippen molar-refractivity contribution in [2.24, 2.45) is 0 Å². The molecule has 0 saturated heterocycles. The van der Waals surface area contributed by atoms with E-state index in [1.165, 1.54) is 36.8 Å². The van der Waals surface area contributed by atoms with Gasteiger partial charge in [-0.05, 0) is 24.3 Å². The summed E-state index contributed by atoms with van der Waals surface area (Å²) in [5.74, 6) is -0.308.